The maximum Gasteiger partial charge on any atom is 0.411 e. The maximum absolute atomic E-state index is 14.2. The van der Waals surface area contributed by atoms with E-state index in [-0.39, 0.29) is 53.9 Å². The number of aliphatic carboxylic acids is 1. The van der Waals surface area contributed by atoms with Crippen LogP contribution in [-0.4, -0.2) is 81.6 Å². The Labute approximate surface area is 337 Å². The van der Waals surface area contributed by atoms with E-state index in [9.17, 15) is 36.7 Å². The standard InChI is InChI=1S/C40H44F4N8O5.ClH/c1-22-18-28(35(54)48-30-16-17-46-21-30)12-15-31(22)25-6-2-23(3-7-25)19-32(49-34(53)27-8-4-24(20-45)5-9-27)36(55)47-29-13-10-26(11-14-29)33-50-37(52-51-33)39(41,42)40(43,44)38(56)57;/h2-3,6-7,10-15,18,24,27,30,32,46H,4-5,8-9,16-17,19-21,45H2,1H3,(H,47,55)(H,48,54)(H,49,53)(H,56,57)(H,50,51,52);1H/t24?,27?,30-,32-;/m0./s1. The van der Waals surface area contributed by atoms with Gasteiger partial charge in [-0.2, -0.15) is 22.7 Å². The molecule has 1 saturated carbocycles. The third-order valence-electron chi connectivity index (χ3n) is 10.6. The molecule has 58 heavy (non-hydrogen) atoms. The van der Waals surface area contributed by atoms with Crippen molar-refractivity contribution < 1.29 is 41.8 Å². The van der Waals surface area contributed by atoms with E-state index in [4.69, 9.17) is 10.8 Å². The van der Waals surface area contributed by atoms with Crippen molar-refractivity contribution in [2.75, 3.05) is 25.0 Å². The summed E-state index contributed by atoms with van der Waals surface area (Å²) in [5.41, 5.74) is 10.3. The molecule has 3 amide bonds. The molecule has 13 nitrogen and oxygen atoms in total. The van der Waals surface area contributed by atoms with Gasteiger partial charge in [0.05, 0.1) is 0 Å². The Bertz CT molecular complexity index is 2090. The molecular formula is C40H45ClF4N8O5. The van der Waals surface area contributed by atoms with E-state index >= 15 is 0 Å². The number of hydrogen-bond acceptors (Lipinski definition) is 8. The smallest absolute Gasteiger partial charge is 0.411 e. The van der Waals surface area contributed by atoms with Gasteiger partial charge in [-0.15, -0.1) is 12.4 Å². The molecule has 0 bridgehead atoms. The van der Waals surface area contributed by atoms with Crippen molar-refractivity contribution in [3.05, 3.63) is 89.2 Å². The van der Waals surface area contributed by atoms with Gasteiger partial charge in [0, 0.05) is 41.7 Å². The lowest BCUT2D eigenvalue weighted by Crippen LogP contribution is -2.48. The van der Waals surface area contributed by atoms with Crippen molar-refractivity contribution in [1.29, 1.82) is 0 Å². The minimum Gasteiger partial charge on any atom is -0.477 e. The van der Waals surface area contributed by atoms with Crippen LogP contribution in [0.1, 0.15) is 59.4 Å². The van der Waals surface area contributed by atoms with Crippen LogP contribution >= 0.6 is 12.4 Å². The molecule has 18 heteroatoms. The number of aromatic amines is 1. The van der Waals surface area contributed by atoms with Gasteiger partial charge in [-0.3, -0.25) is 19.5 Å². The topological polar surface area (TPSA) is 204 Å². The number of benzene rings is 3. The number of hydrogen-bond donors (Lipinski definition) is 7. The number of nitrogens with two attached hydrogens (primary N) is 1. The molecule has 8 N–H and O–H groups in total. The number of rotatable bonds is 14. The summed E-state index contributed by atoms with van der Waals surface area (Å²) in [5.74, 6) is -16.5. The number of nitrogens with zero attached hydrogens (tertiary/aromatic N) is 2. The van der Waals surface area contributed by atoms with Crippen molar-refractivity contribution in [2.45, 2.75) is 69.4 Å². The molecular weight excluding hydrogens is 784 g/mol. The lowest BCUT2D eigenvalue weighted by atomic mass is 9.81. The molecule has 2 heterocycles. The highest BCUT2D eigenvalue weighted by Gasteiger charge is 2.65. The number of carboxylic acid groups (broad SMARTS) is 1. The SMILES string of the molecule is Cc1cc(C(=O)N[C@H]2CCNC2)ccc1-c1ccc(C[C@H](NC(=O)C2CCC(CN)CC2)C(=O)Nc2ccc(-c3n[nH]c(C(F)(F)C(F)(F)C(=O)O)n3)cc2)cc1.Cl. The van der Waals surface area contributed by atoms with Crippen LogP contribution in [0.15, 0.2) is 66.7 Å². The highest BCUT2D eigenvalue weighted by atomic mass is 35.5. The second kappa shape index (κ2) is 18.5. The lowest BCUT2D eigenvalue weighted by Gasteiger charge is -2.28. The normalized spacial score (nSPS) is 18.8. The zero-order valence-electron chi connectivity index (χ0n) is 31.5. The lowest BCUT2D eigenvalue weighted by molar-refractivity contribution is -0.231. The quantitative estimate of drug-likeness (QED) is 0.0834. The number of aromatic nitrogens is 3. The summed E-state index contributed by atoms with van der Waals surface area (Å²) in [7, 11) is 0. The number of amides is 3. The Kier molecular flexibility index (Phi) is 13.9. The number of aryl methyl sites for hydroxylation is 1. The minimum atomic E-state index is -5.44. The number of carboxylic acids is 1. The molecule has 310 valence electrons. The number of carbonyl (C=O) groups excluding carboxylic acids is 3. The summed E-state index contributed by atoms with van der Waals surface area (Å²) in [6, 6.07) is 17.8. The summed E-state index contributed by atoms with van der Waals surface area (Å²) < 4.78 is 55.8. The van der Waals surface area contributed by atoms with Crippen molar-refractivity contribution >= 4 is 41.8 Å². The van der Waals surface area contributed by atoms with E-state index in [1.54, 1.807) is 11.2 Å². The zero-order valence-corrected chi connectivity index (χ0v) is 32.3. The predicted molar refractivity (Wildman–Crippen MR) is 210 cm³/mol. The van der Waals surface area contributed by atoms with Crippen LogP contribution in [-0.2, 0) is 26.7 Å². The van der Waals surface area contributed by atoms with Gasteiger partial charge >= 0.3 is 17.8 Å². The van der Waals surface area contributed by atoms with E-state index in [0.29, 0.717) is 30.9 Å². The second-order valence-corrected chi connectivity index (χ2v) is 14.6. The molecule has 2 atom stereocenters. The minimum absolute atomic E-state index is 0. The van der Waals surface area contributed by atoms with E-state index in [0.717, 1.165) is 54.6 Å². The van der Waals surface area contributed by atoms with Crippen molar-refractivity contribution in [1.82, 2.24) is 31.1 Å². The van der Waals surface area contributed by atoms with Crippen LogP contribution < -0.4 is 27.0 Å². The van der Waals surface area contributed by atoms with E-state index in [1.165, 1.54) is 24.3 Å². The number of carbonyl (C=O) groups is 4. The van der Waals surface area contributed by atoms with Gasteiger partial charge in [0.2, 0.25) is 17.6 Å². The molecule has 0 spiro atoms. The average Bonchev–Trinajstić information content (AvgIpc) is 3.92. The average molecular weight is 829 g/mol. The summed E-state index contributed by atoms with van der Waals surface area (Å²) in [5, 5.41) is 25.8. The first-order valence-electron chi connectivity index (χ1n) is 18.7. The molecule has 1 aromatic heterocycles. The van der Waals surface area contributed by atoms with Crippen molar-refractivity contribution in [2.24, 2.45) is 17.6 Å². The first kappa shape index (κ1) is 43.7. The molecule has 1 aliphatic heterocycles. The number of H-pyrrole nitrogens is 1. The fraction of sp³-hybridized carbons (Fsp3) is 0.400. The van der Waals surface area contributed by atoms with Gasteiger partial charge in [0.1, 0.15) is 6.04 Å². The Balaban J connectivity index is 0.00000641. The first-order valence-corrected chi connectivity index (χ1v) is 18.7. The number of alkyl halides is 4. The number of halogens is 5. The molecule has 0 radical (unpaired) electrons. The Hall–Kier alpha value is -5.39. The third-order valence-corrected chi connectivity index (χ3v) is 10.6. The van der Waals surface area contributed by atoms with Crippen LogP contribution in [0.2, 0.25) is 0 Å². The van der Waals surface area contributed by atoms with Crippen LogP contribution in [0.3, 0.4) is 0 Å². The molecule has 6 rings (SSSR count). The predicted octanol–water partition coefficient (Wildman–Crippen LogP) is 5.20. The van der Waals surface area contributed by atoms with Crippen LogP contribution in [0.25, 0.3) is 22.5 Å². The van der Waals surface area contributed by atoms with Crippen molar-refractivity contribution in [3.63, 3.8) is 0 Å². The van der Waals surface area contributed by atoms with Gasteiger partial charge in [-0.25, -0.2) is 9.78 Å². The van der Waals surface area contributed by atoms with Crippen molar-refractivity contribution in [3.8, 4) is 22.5 Å². The molecule has 1 aliphatic carbocycles. The third kappa shape index (κ3) is 9.82. The van der Waals surface area contributed by atoms with E-state index in [1.807, 2.05) is 43.3 Å². The van der Waals surface area contributed by atoms with E-state index in [2.05, 4.69) is 31.3 Å². The van der Waals surface area contributed by atoms with Gasteiger partial charge in [0.25, 0.3) is 5.91 Å². The van der Waals surface area contributed by atoms with Gasteiger partial charge in [-0.05, 0) is 117 Å². The van der Waals surface area contributed by atoms with Gasteiger partial charge < -0.3 is 32.1 Å². The Morgan fingerprint density at radius 1 is 0.931 bits per heavy atom. The zero-order chi connectivity index (χ0) is 40.9. The van der Waals surface area contributed by atoms with Gasteiger partial charge in [-0.1, -0.05) is 30.3 Å². The summed E-state index contributed by atoms with van der Waals surface area (Å²) >= 11 is 0. The molecule has 4 aromatic rings. The fourth-order valence-electron chi connectivity index (χ4n) is 7.14. The van der Waals surface area contributed by atoms with Crippen LogP contribution in [0.5, 0.6) is 0 Å². The maximum atomic E-state index is 14.2. The summed E-state index contributed by atoms with van der Waals surface area (Å²) in [4.78, 5) is 54.2. The second-order valence-electron chi connectivity index (χ2n) is 14.6. The molecule has 1 saturated heterocycles. The van der Waals surface area contributed by atoms with Gasteiger partial charge in [0.15, 0.2) is 5.82 Å². The largest absolute Gasteiger partial charge is 0.477 e. The fourth-order valence-corrected chi connectivity index (χ4v) is 7.14. The Morgan fingerprint density at radius 3 is 2.21 bits per heavy atom. The summed E-state index contributed by atoms with van der Waals surface area (Å²) in [6.45, 7) is 4.11. The first-order chi connectivity index (χ1) is 27.2. The number of nitrogens with one attached hydrogen (secondary N) is 5. The molecule has 2 fully saturated rings. The highest BCUT2D eigenvalue weighted by molar-refractivity contribution is 5.98. The summed E-state index contributed by atoms with van der Waals surface area (Å²) in [6.07, 6.45) is 3.97. The monoisotopic (exact) mass is 828 g/mol. The van der Waals surface area contributed by atoms with Crippen LogP contribution in [0, 0.1) is 18.8 Å². The highest BCUT2D eigenvalue weighted by Crippen LogP contribution is 2.42. The molecule has 3 aromatic carbocycles. The van der Waals surface area contributed by atoms with Crippen LogP contribution in [0.4, 0.5) is 23.2 Å². The number of anilines is 1. The Morgan fingerprint density at radius 2 is 1.60 bits per heavy atom. The molecule has 2 aliphatic rings. The van der Waals surface area contributed by atoms with E-state index < -0.39 is 41.4 Å². The molecule has 0 unspecified atom stereocenters.